The molecule has 0 saturated carbocycles. The number of allylic oxidation sites excluding steroid dienone is 3. The molecule has 7 fully saturated rings. The lowest BCUT2D eigenvalue weighted by atomic mass is 10.0. The number of morpholine rings is 5. The molecule has 0 spiro atoms. The van der Waals surface area contributed by atoms with Crippen LogP contribution < -0.4 is 24.5 Å². The molecule has 714 valence electrons. The standard InChI is InChI=1S/2C21H25N5O3S.C20H24N4O2S.2C17H22N4O2S/c2*1-14-11-28-7-6-26(14)20-8-19(25-30(2,27)16-12-29-13-16)23-21(24-20)18-10-22-9-15-4-3-5-17(15)18;1-14-13-26-11-10-24(14)19-12-18(23-27(2,3)25)21-20(22-19)17-9-5-7-15-6-4-8-16(15)17;2*1-13-12-23-10-9-21(13)16-11-15(20-24(2,3)22)18-17(19-16)14-7-5-4-6-8-14/h2*3,5,8-10,14,16H,4,6-7,11-13H2,1-2H3;4-5,7-9,12,14H,6,10-11,13H2,1-3H3;2*4-8,11,13H,9-10,12H2,1-3H3/t14-,30?;14-,30+;14-;2*13-/m11111/s1. The van der Waals surface area contributed by atoms with Gasteiger partial charge in [0.2, 0.25) is 0 Å². The third-order valence-electron chi connectivity index (χ3n) is 23.7. The minimum Gasteiger partial charge on any atom is -0.379 e. The number of pyridine rings is 2. The Bertz CT molecular complexity index is 6440. The largest absolute Gasteiger partial charge is 0.379 e. The molecule has 0 amide bonds. The van der Waals surface area contributed by atoms with E-state index in [0.717, 1.165) is 137 Å². The number of rotatable bonds is 17. The van der Waals surface area contributed by atoms with Crippen LogP contribution in [0.2, 0.25) is 0 Å². The summed E-state index contributed by atoms with van der Waals surface area (Å²) in [6.07, 6.45) is 35.7. The Morgan fingerprint density at radius 2 is 0.578 bits per heavy atom. The molecule has 3 aliphatic carbocycles. The molecule has 39 heteroatoms. The molecule has 7 atom stereocenters. The van der Waals surface area contributed by atoms with E-state index >= 15 is 0 Å². The lowest BCUT2D eigenvalue weighted by molar-refractivity contribution is 0.0430. The SMILES string of the molecule is C[C@@H]1COCCN1c1cc(N=S(C)(=O)C2COC2)nc(-c2cncc3c2C=CC3)n1.C[C@@H]1COCCN1c1cc(N=S(C)(C)=O)nc(-c2cccc3c2C=CC3)n1.C[C@@H]1COCCN1c1cc(N=S(C)(C)=O)nc(-c2ccccc2)n1.C[C@@H]1COCCN1c1cc(N=S(C)(C)=O)nc(-c2ccccc2)n1.C[C@@H]1COCCN1c1cc(N=[S@@](C)(=O)C2COC2)nc(-c2cncc3c2C=CC3)n1. The zero-order valence-electron chi connectivity index (χ0n) is 78.5. The molecule has 0 radical (unpaired) electrons. The lowest BCUT2D eigenvalue weighted by Crippen LogP contribution is -2.44. The molecule has 1 unspecified atom stereocenters. The average Bonchev–Trinajstić information content (AvgIpc) is 1.77. The number of hydrogen-bond donors (Lipinski definition) is 0. The summed E-state index contributed by atoms with van der Waals surface area (Å²) in [4.78, 5) is 66.8. The Labute approximate surface area is 792 Å². The van der Waals surface area contributed by atoms with Crippen LogP contribution in [0.1, 0.15) is 68.0 Å². The number of fused-ring (bicyclic) bond motifs is 3. The van der Waals surface area contributed by atoms with E-state index in [1.165, 1.54) is 5.56 Å². The number of nitrogens with zero attached hydrogens (tertiary/aromatic N) is 22. The molecule has 20 rings (SSSR count). The molecule has 10 aromatic rings. The Morgan fingerprint density at radius 3 is 0.874 bits per heavy atom. The Balaban J connectivity index is 0.000000123. The van der Waals surface area contributed by atoms with Crippen LogP contribution >= 0.6 is 0 Å². The zero-order chi connectivity index (χ0) is 94.8. The second-order valence-electron chi connectivity index (χ2n) is 35.6. The van der Waals surface area contributed by atoms with Crippen LogP contribution in [-0.2, 0) is 101 Å². The summed E-state index contributed by atoms with van der Waals surface area (Å²) in [5, 5.41) is -0.125. The highest BCUT2D eigenvalue weighted by Gasteiger charge is 2.34. The van der Waals surface area contributed by atoms with Gasteiger partial charge in [-0.3, -0.25) is 9.97 Å². The van der Waals surface area contributed by atoms with Crippen molar-refractivity contribution in [1.29, 1.82) is 0 Å². The summed E-state index contributed by atoms with van der Waals surface area (Å²) in [7, 11) is -11.8. The Morgan fingerprint density at radius 1 is 0.296 bits per heavy atom. The fourth-order valence-electron chi connectivity index (χ4n) is 16.5. The van der Waals surface area contributed by atoms with Crippen LogP contribution in [0.3, 0.4) is 0 Å². The number of benzene rings is 3. The molecule has 7 aromatic heterocycles. The zero-order valence-corrected chi connectivity index (χ0v) is 82.6. The van der Waals surface area contributed by atoms with Gasteiger partial charge in [-0.05, 0) is 87.3 Å². The molecule has 135 heavy (non-hydrogen) atoms. The van der Waals surface area contributed by atoms with Crippen LogP contribution in [0.5, 0.6) is 0 Å². The van der Waals surface area contributed by atoms with E-state index < -0.39 is 48.6 Å². The number of hydrogen-bond acceptors (Lipinski definition) is 34. The normalized spacial score (nSPS) is 20.6. The molecule has 7 aliphatic heterocycles. The molecular formula is C96H118N22O12S5. The first-order chi connectivity index (χ1) is 64.8. The first-order valence-corrected chi connectivity index (χ1v) is 56.2. The summed E-state index contributed by atoms with van der Waals surface area (Å²) in [5.74, 6) is 9.09. The third kappa shape index (κ3) is 24.9. The highest BCUT2D eigenvalue weighted by Crippen LogP contribution is 2.39. The van der Waals surface area contributed by atoms with E-state index in [1.54, 1.807) is 74.6 Å². The van der Waals surface area contributed by atoms with Crippen molar-refractivity contribution >= 4 is 125 Å². The van der Waals surface area contributed by atoms with Gasteiger partial charge in [0.15, 0.2) is 58.2 Å². The van der Waals surface area contributed by atoms with Crippen molar-refractivity contribution in [3.05, 3.63) is 186 Å². The van der Waals surface area contributed by atoms with E-state index in [-0.39, 0.29) is 40.7 Å². The van der Waals surface area contributed by atoms with Gasteiger partial charge in [0, 0.05) is 195 Å². The Kier molecular flexibility index (Phi) is 30.8. The topological polar surface area (TPSA) is 383 Å². The minimum atomic E-state index is -2.46. The van der Waals surface area contributed by atoms with Gasteiger partial charge in [0.05, 0.1) is 153 Å². The lowest BCUT2D eigenvalue weighted by Gasteiger charge is -2.34. The summed E-state index contributed by atoms with van der Waals surface area (Å²) in [5.41, 5.74) is 11.5. The molecule has 3 aromatic carbocycles. The van der Waals surface area contributed by atoms with Crippen molar-refractivity contribution in [2.45, 2.75) is 94.6 Å². The fraction of sp³-hybridized carbons (Fsp3) is 0.438. The van der Waals surface area contributed by atoms with Crippen LogP contribution in [-0.4, -0.2) is 297 Å². The summed E-state index contributed by atoms with van der Waals surface area (Å²) in [6, 6.07) is 35.9. The molecule has 10 aliphatic rings. The van der Waals surface area contributed by atoms with Gasteiger partial charge >= 0.3 is 0 Å². The van der Waals surface area contributed by atoms with Crippen LogP contribution in [0.4, 0.5) is 58.2 Å². The van der Waals surface area contributed by atoms with Gasteiger partial charge in [-0.2, -0.15) is 21.8 Å². The smallest absolute Gasteiger partial charge is 0.167 e. The summed E-state index contributed by atoms with van der Waals surface area (Å²) < 4.78 is 123. The van der Waals surface area contributed by atoms with Crippen LogP contribution in [0, 0.1) is 0 Å². The van der Waals surface area contributed by atoms with Crippen molar-refractivity contribution in [3.8, 4) is 56.9 Å². The monoisotopic (exact) mass is 1930 g/mol. The molecule has 14 heterocycles. The predicted octanol–water partition coefficient (Wildman–Crippen LogP) is 13.7. The minimum absolute atomic E-state index is 0.0627. The quantitative estimate of drug-likeness (QED) is 0.0817. The van der Waals surface area contributed by atoms with Crippen LogP contribution in [0.15, 0.2) is 174 Å². The first kappa shape index (κ1) is 97.1. The number of aromatic nitrogens is 12. The van der Waals surface area contributed by atoms with Gasteiger partial charge in [0.25, 0.3) is 0 Å². The maximum Gasteiger partial charge on any atom is 0.167 e. The predicted molar refractivity (Wildman–Crippen MR) is 537 cm³/mol. The summed E-state index contributed by atoms with van der Waals surface area (Å²) in [6.45, 7) is 22.7. The Hall–Kier alpha value is -11.0. The van der Waals surface area contributed by atoms with E-state index in [9.17, 15) is 21.0 Å². The van der Waals surface area contributed by atoms with E-state index in [0.29, 0.717) is 151 Å². The highest BCUT2D eigenvalue weighted by atomic mass is 32.2. The second kappa shape index (κ2) is 42.8. The second-order valence-corrected chi connectivity index (χ2v) is 48.4. The van der Waals surface area contributed by atoms with E-state index in [4.69, 9.17) is 68.0 Å². The summed E-state index contributed by atoms with van der Waals surface area (Å²) >= 11 is 0. The fourth-order valence-corrected chi connectivity index (χ4v) is 20.8. The molecule has 0 bridgehead atoms. The third-order valence-corrected chi connectivity index (χ3v) is 29.7. The van der Waals surface area contributed by atoms with E-state index in [2.05, 4.69) is 148 Å². The van der Waals surface area contributed by atoms with Gasteiger partial charge in [0.1, 0.15) is 29.1 Å². The maximum atomic E-state index is 13.2. The maximum absolute atomic E-state index is 13.2. The van der Waals surface area contributed by atoms with E-state index in [1.807, 2.05) is 103 Å². The van der Waals surface area contributed by atoms with Crippen molar-refractivity contribution in [1.82, 2.24) is 59.8 Å². The van der Waals surface area contributed by atoms with Gasteiger partial charge in [-0.25, -0.2) is 70.9 Å². The van der Waals surface area contributed by atoms with Gasteiger partial charge < -0.3 is 57.7 Å². The first-order valence-electron chi connectivity index (χ1n) is 45.2. The average molecular weight is 1930 g/mol. The molecule has 0 N–H and O–H groups in total. The number of ether oxygens (including phenoxy) is 7. The molecular weight excluding hydrogens is 1810 g/mol. The van der Waals surface area contributed by atoms with Crippen molar-refractivity contribution in [3.63, 3.8) is 0 Å². The highest BCUT2D eigenvalue weighted by molar-refractivity contribution is 7.94. The van der Waals surface area contributed by atoms with Crippen molar-refractivity contribution < 1.29 is 54.2 Å². The molecule has 7 saturated heterocycles. The molecule has 34 nitrogen and oxygen atoms in total. The van der Waals surface area contributed by atoms with Crippen molar-refractivity contribution in [2.75, 3.05) is 200 Å². The van der Waals surface area contributed by atoms with Gasteiger partial charge in [-0.15, -0.1) is 0 Å². The van der Waals surface area contributed by atoms with Gasteiger partial charge in [-0.1, -0.05) is 115 Å². The van der Waals surface area contributed by atoms with Crippen LogP contribution in [0.25, 0.3) is 75.2 Å². The van der Waals surface area contributed by atoms with Crippen molar-refractivity contribution in [2.24, 2.45) is 21.8 Å². The number of anilines is 5.